The van der Waals surface area contributed by atoms with Crippen LogP contribution in [0.25, 0.3) is 0 Å². The van der Waals surface area contributed by atoms with Gasteiger partial charge in [-0.25, -0.2) is 0 Å². The van der Waals surface area contributed by atoms with Crippen molar-refractivity contribution in [1.29, 1.82) is 0 Å². The van der Waals surface area contributed by atoms with E-state index >= 15 is 0 Å². The second-order valence-electron chi connectivity index (χ2n) is 5.50. The highest BCUT2D eigenvalue weighted by Gasteiger charge is 2.21. The minimum atomic E-state index is -0.0719. The molecule has 0 spiro atoms. The Hall–Kier alpha value is -1.95. The molecule has 2 aromatic rings. The maximum absolute atomic E-state index is 12.3. The van der Waals surface area contributed by atoms with Crippen molar-refractivity contribution >= 4 is 17.4 Å². The van der Waals surface area contributed by atoms with E-state index in [-0.39, 0.29) is 5.91 Å². The first-order chi connectivity index (χ1) is 10.8. The van der Waals surface area contributed by atoms with Crippen LogP contribution in [0.2, 0.25) is 0 Å². The molecule has 0 saturated carbocycles. The van der Waals surface area contributed by atoms with Gasteiger partial charge in [0, 0.05) is 12.5 Å². The molecule has 1 aliphatic rings. The van der Waals surface area contributed by atoms with Crippen molar-refractivity contribution in [1.82, 2.24) is 14.9 Å². The summed E-state index contributed by atoms with van der Waals surface area (Å²) in [4.78, 5) is 12.9. The number of fused-ring (bicyclic) bond motifs is 1. The van der Waals surface area contributed by atoms with Crippen LogP contribution in [0.5, 0.6) is 5.75 Å². The van der Waals surface area contributed by atoms with Crippen molar-refractivity contribution in [2.45, 2.75) is 26.2 Å². The van der Waals surface area contributed by atoms with E-state index in [4.69, 9.17) is 4.74 Å². The third-order valence-corrected chi connectivity index (χ3v) is 4.52. The molecule has 22 heavy (non-hydrogen) atoms. The van der Waals surface area contributed by atoms with E-state index in [2.05, 4.69) is 27.9 Å². The first kappa shape index (κ1) is 15.0. The van der Waals surface area contributed by atoms with Gasteiger partial charge in [0.05, 0.1) is 12.3 Å². The SMILES string of the molecule is CCCc1nnsc1C(=O)NC[C@H]1COc2ccccc2C1. The Morgan fingerprint density at radius 2 is 2.32 bits per heavy atom. The Morgan fingerprint density at radius 1 is 1.45 bits per heavy atom. The van der Waals surface area contributed by atoms with E-state index in [1.807, 2.05) is 18.2 Å². The van der Waals surface area contributed by atoms with Gasteiger partial charge in [-0.1, -0.05) is 36.0 Å². The predicted molar refractivity (Wildman–Crippen MR) is 85.4 cm³/mol. The molecule has 116 valence electrons. The van der Waals surface area contributed by atoms with Crippen LogP contribution in [0.4, 0.5) is 0 Å². The van der Waals surface area contributed by atoms with Crippen LogP contribution in [-0.4, -0.2) is 28.6 Å². The number of amides is 1. The number of hydrogen-bond acceptors (Lipinski definition) is 5. The molecular formula is C16H19N3O2S. The van der Waals surface area contributed by atoms with E-state index in [1.54, 1.807) is 0 Å². The second-order valence-corrected chi connectivity index (χ2v) is 6.25. The number of hydrogen-bond donors (Lipinski definition) is 1. The first-order valence-corrected chi connectivity index (χ1v) is 8.35. The Balaban J connectivity index is 1.57. The predicted octanol–water partition coefficient (Wildman–Crippen LogP) is 2.47. The maximum Gasteiger partial charge on any atom is 0.264 e. The van der Waals surface area contributed by atoms with E-state index in [0.717, 1.165) is 30.7 Å². The number of carbonyl (C=O) groups is 1. The third-order valence-electron chi connectivity index (χ3n) is 3.76. The zero-order chi connectivity index (χ0) is 15.4. The highest BCUT2D eigenvalue weighted by atomic mass is 32.1. The van der Waals surface area contributed by atoms with Gasteiger partial charge in [0.25, 0.3) is 5.91 Å². The van der Waals surface area contributed by atoms with E-state index in [0.29, 0.717) is 23.9 Å². The summed E-state index contributed by atoms with van der Waals surface area (Å²) in [5.74, 6) is 1.19. The summed E-state index contributed by atoms with van der Waals surface area (Å²) < 4.78 is 9.64. The fraction of sp³-hybridized carbons (Fsp3) is 0.438. The zero-order valence-electron chi connectivity index (χ0n) is 12.5. The second kappa shape index (κ2) is 6.87. The Bertz CT molecular complexity index is 656. The molecule has 2 heterocycles. The molecule has 3 rings (SSSR count). The summed E-state index contributed by atoms with van der Waals surface area (Å²) in [6.45, 7) is 3.31. The van der Waals surface area contributed by atoms with Gasteiger partial charge < -0.3 is 10.1 Å². The van der Waals surface area contributed by atoms with Crippen LogP contribution >= 0.6 is 11.5 Å². The molecule has 0 bridgehead atoms. The Kier molecular flexibility index (Phi) is 4.68. The highest BCUT2D eigenvalue weighted by Crippen LogP contribution is 2.26. The monoisotopic (exact) mass is 317 g/mol. The molecule has 0 radical (unpaired) electrons. The number of nitrogens with zero attached hydrogens (tertiary/aromatic N) is 2. The molecule has 0 saturated heterocycles. The topological polar surface area (TPSA) is 64.1 Å². The van der Waals surface area contributed by atoms with Gasteiger partial charge in [0.2, 0.25) is 0 Å². The molecule has 5 nitrogen and oxygen atoms in total. The average molecular weight is 317 g/mol. The lowest BCUT2D eigenvalue weighted by atomic mass is 9.97. The summed E-state index contributed by atoms with van der Waals surface area (Å²) in [6, 6.07) is 8.07. The van der Waals surface area contributed by atoms with Crippen LogP contribution < -0.4 is 10.1 Å². The molecule has 1 aliphatic heterocycles. The van der Waals surface area contributed by atoms with Crippen molar-refractivity contribution in [3.05, 3.63) is 40.4 Å². The van der Waals surface area contributed by atoms with Crippen molar-refractivity contribution in [3.8, 4) is 5.75 Å². The fourth-order valence-corrected chi connectivity index (χ4v) is 3.25. The van der Waals surface area contributed by atoms with E-state index < -0.39 is 0 Å². The number of nitrogens with one attached hydrogen (secondary N) is 1. The van der Waals surface area contributed by atoms with Gasteiger partial charge in [-0.15, -0.1) is 5.10 Å². The number of ether oxygens (including phenoxy) is 1. The maximum atomic E-state index is 12.3. The summed E-state index contributed by atoms with van der Waals surface area (Å²) in [7, 11) is 0. The minimum absolute atomic E-state index is 0.0719. The van der Waals surface area contributed by atoms with Gasteiger partial charge >= 0.3 is 0 Å². The van der Waals surface area contributed by atoms with Gasteiger partial charge in [-0.3, -0.25) is 4.79 Å². The lowest BCUT2D eigenvalue weighted by Gasteiger charge is -2.25. The number of aromatic nitrogens is 2. The summed E-state index contributed by atoms with van der Waals surface area (Å²) in [5, 5.41) is 7.03. The first-order valence-electron chi connectivity index (χ1n) is 7.58. The van der Waals surface area contributed by atoms with Gasteiger partial charge in [0.15, 0.2) is 0 Å². The quantitative estimate of drug-likeness (QED) is 0.920. The summed E-state index contributed by atoms with van der Waals surface area (Å²) >= 11 is 1.17. The number of aryl methyl sites for hydroxylation is 1. The van der Waals surface area contributed by atoms with Crippen LogP contribution in [0.15, 0.2) is 24.3 Å². The fourth-order valence-electron chi connectivity index (χ4n) is 2.62. The Labute approximate surface area is 133 Å². The summed E-state index contributed by atoms with van der Waals surface area (Å²) in [5.41, 5.74) is 2.01. The minimum Gasteiger partial charge on any atom is -0.493 e. The lowest BCUT2D eigenvalue weighted by molar-refractivity contribution is 0.0942. The normalized spacial score (nSPS) is 16.7. The van der Waals surface area contributed by atoms with Crippen molar-refractivity contribution in [3.63, 3.8) is 0 Å². The molecule has 6 heteroatoms. The van der Waals surface area contributed by atoms with Gasteiger partial charge in [0.1, 0.15) is 10.6 Å². The molecule has 1 aromatic carbocycles. The van der Waals surface area contributed by atoms with Gasteiger partial charge in [-0.2, -0.15) is 0 Å². The van der Waals surface area contributed by atoms with Crippen LogP contribution in [0.1, 0.15) is 34.3 Å². The lowest BCUT2D eigenvalue weighted by Crippen LogP contribution is -2.34. The van der Waals surface area contributed by atoms with Crippen molar-refractivity contribution in [2.24, 2.45) is 5.92 Å². The molecule has 1 atom stereocenters. The zero-order valence-corrected chi connectivity index (χ0v) is 13.4. The Morgan fingerprint density at radius 3 is 3.18 bits per heavy atom. The standard InChI is InChI=1S/C16H19N3O2S/c1-2-5-13-15(22-19-18-13)16(20)17-9-11-8-12-6-3-4-7-14(12)21-10-11/h3-4,6-7,11H,2,5,8-10H2,1H3,(H,17,20)/t11-/m0/s1. The number of carbonyl (C=O) groups excluding carboxylic acids is 1. The van der Waals surface area contributed by atoms with Crippen LogP contribution in [0.3, 0.4) is 0 Å². The molecule has 1 amide bonds. The number of para-hydroxylation sites is 1. The van der Waals surface area contributed by atoms with Crippen LogP contribution in [0, 0.1) is 5.92 Å². The largest absolute Gasteiger partial charge is 0.493 e. The summed E-state index contributed by atoms with van der Waals surface area (Å²) in [6.07, 6.45) is 2.68. The van der Waals surface area contributed by atoms with E-state index in [1.165, 1.54) is 17.1 Å². The number of benzene rings is 1. The average Bonchev–Trinajstić information content (AvgIpc) is 3.01. The smallest absolute Gasteiger partial charge is 0.264 e. The molecular weight excluding hydrogens is 298 g/mol. The number of rotatable bonds is 5. The molecule has 1 aromatic heterocycles. The highest BCUT2D eigenvalue weighted by molar-refractivity contribution is 7.08. The molecule has 0 fully saturated rings. The molecule has 1 N–H and O–H groups in total. The van der Waals surface area contributed by atoms with E-state index in [9.17, 15) is 4.79 Å². The van der Waals surface area contributed by atoms with Crippen molar-refractivity contribution < 1.29 is 9.53 Å². The van der Waals surface area contributed by atoms with Crippen molar-refractivity contribution in [2.75, 3.05) is 13.2 Å². The van der Waals surface area contributed by atoms with Crippen LogP contribution in [-0.2, 0) is 12.8 Å². The molecule has 0 unspecified atom stereocenters. The molecule has 0 aliphatic carbocycles. The van der Waals surface area contributed by atoms with Gasteiger partial charge in [-0.05, 0) is 36.0 Å². The third kappa shape index (κ3) is 3.27.